The number of ketones is 1. The highest BCUT2D eigenvalue weighted by Crippen LogP contribution is 2.40. The molecule has 96 valence electrons. The zero-order valence-corrected chi connectivity index (χ0v) is 11.5. The highest BCUT2D eigenvalue weighted by molar-refractivity contribution is 5.88. The molecule has 0 heterocycles. The standard InChI is InChI=1S/C15H24O2/c1-6-15(5,17)10-9-12-11(2)7-8-13(16)14(12,3)4/h6,17H,1,7-10H2,2-5H3. The van der Waals surface area contributed by atoms with Crippen LogP contribution in [0.3, 0.4) is 0 Å². The molecular weight excluding hydrogens is 212 g/mol. The lowest BCUT2D eigenvalue weighted by Gasteiger charge is -2.34. The maximum absolute atomic E-state index is 11.9. The van der Waals surface area contributed by atoms with E-state index in [-0.39, 0.29) is 5.41 Å². The summed E-state index contributed by atoms with van der Waals surface area (Å²) in [5.74, 6) is 0.316. The van der Waals surface area contributed by atoms with E-state index in [1.807, 2.05) is 13.8 Å². The quantitative estimate of drug-likeness (QED) is 0.759. The minimum Gasteiger partial charge on any atom is -0.386 e. The van der Waals surface area contributed by atoms with Crippen LogP contribution in [0.25, 0.3) is 0 Å². The van der Waals surface area contributed by atoms with E-state index in [0.717, 1.165) is 12.8 Å². The average Bonchev–Trinajstić information content (AvgIpc) is 2.23. The first-order valence-electron chi connectivity index (χ1n) is 6.29. The Morgan fingerprint density at radius 2 is 2.06 bits per heavy atom. The van der Waals surface area contributed by atoms with E-state index in [1.165, 1.54) is 11.1 Å². The van der Waals surface area contributed by atoms with Gasteiger partial charge in [0.05, 0.1) is 5.60 Å². The van der Waals surface area contributed by atoms with Crippen LogP contribution in [-0.2, 0) is 4.79 Å². The Kier molecular flexibility index (Phi) is 3.98. The van der Waals surface area contributed by atoms with E-state index in [2.05, 4.69) is 13.5 Å². The topological polar surface area (TPSA) is 37.3 Å². The maximum atomic E-state index is 11.9. The molecule has 0 aliphatic heterocycles. The Bertz CT molecular complexity index is 359. The second-order valence-corrected chi connectivity index (χ2v) is 5.87. The maximum Gasteiger partial charge on any atom is 0.142 e. The predicted molar refractivity (Wildman–Crippen MR) is 70.8 cm³/mol. The van der Waals surface area contributed by atoms with Gasteiger partial charge in [0.15, 0.2) is 0 Å². The normalized spacial score (nSPS) is 23.5. The number of carbonyl (C=O) groups excluding carboxylic acids is 1. The number of hydrogen-bond donors (Lipinski definition) is 1. The lowest BCUT2D eigenvalue weighted by molar-refractivity contribution is -0.126. The average molecular weight is 236 g/mol. The summed E-state index contributed by atoms with van der Waals surface area (Å²) in [5, 5.41) is 9.95. The van der Waals surface area contributed by atoms with Gasteiger partial charge in [-0.2, -0.15) is 0 Å². The molecule has 1 atom stereocenters. The molecule has 1 aliphatic carbocycles. The molecule has 0 radical (unpaired) electrons. The molecule has 2 nitrogen and oxygen atoms in total. The van der Waals surface area contributed by atoms with E-state index >= 15 is 0 Å². The fourth-order valence-electron chi connectivity index (χ4n) is 2.47. The molecule has 1 rings (SSSR count). The van der Waals surface area contributed by atoms with Gasteiger partial charge in [0.25, 0.3) is 0 Å². The molecule has 0 amide bonds. The minimum atomic E-state index is -0.843. The molecule has 1 N–H and O–H groups in total. The fraction of sp³-hybridized carbons (Fsp3) is 0.667. The van der Waals surface area contributed by atoms with Gasteiger partial charge in [-0.05, 0) is 47.0 Å². The monoisotopic (exact) mass is 236 g/mol. The van der Waals surface area contributed by atoms with Crippen LogP contribution in [0.15, 0.2) is 23.8 Å². The van der Waals surface area contributed by atoms with Gasteiger partial charge in [0, 0.05) is 11.8 Å². The molecule has 0 bridgehead atoms. The Balaban J connectivity index is 2.87. The molecule has 0 aromatic rings. The van der Waals surface area contributed by atoms with E-state index in [4.69, 9.17) is 0 Å². The van der Waals surface area contributed by atoms with Gasteiger partial charge in [0.1, 0.15) is 5.78 Å². The van der Waals surface area contributed by atoms with Crippen LogP contribution in [0.2, 0.25) is 0 Å². The first-order chi connectivity index (χ1) is 7.70. The van der Waals surface area contributed by atoms with Crippen LogP contribution in [0.1, 0.15) is 53.4 Å². The van der Waals surface area contributed by atoms with Crippen molar-refractivity contribution >= 4 is 5.78 Å². The molecule has 2 heteroatoms. The van der Waals surface area contributed by atoms with Gasteiger partial charge in [-0.15, -0.1) is 6.58 Å². The van der Waals surface area contributed by atoms with Crippen molar-refractivity contribution in [1.82, 2.24) is 0 Å². The second kappa shape index (κ2) is 4.77. The van der Waals surface area contributed by atoms with Crippen molar-refractivity contribution < 1.29 is 9.90 Å². The van der Waals surface area contributed by atoms with Gasteiger partial charge in [-0.25, -0.2) is 0 Å². The lowest BCUT2D eigenvalue weighted by Crippen LogP contribution is -2.32. The van der Waals surface area contributed by atoms with Gasteiger partial charge < -0.3 is 5.11 Å². The van der Waals surface area contributed by atoms with Gasteiger partial charge in [0.2, 0.25) is 0 Å². The SMILES string of the molecule is C=CC(C)(O)CCC1=C(C)CCC(=O)C1(C)C. The third-order valence-electron chi connectivity index (χ3n) is 4.01. The highest BCUT2D eigenvalue weighted by atomic mass is 16.3. The molecule has 0 spiro atoms. The molecular formula is C15H24O2. The summed E-state index contributed by atoms with van der Waals surface area (Å²) in [5.41, 5.74) is 1.31. The van der Waals surface area contributed by atoms with Crippen molar-refractivity contribution in [2.24, 2.45) is 5.41 Å². The van der Waals surface area contributed by atoms with Crippen LogP contribution in [0.4, 0.5) is 0 Å². The fourth-order valence-corrected chi connectivity index (χ4v) is 2.47. The van der Waals surface area contributed by atoms with Crippen molar-refractivity contribution in [2.75, 3.05) is 0 Å². The summed E-state index contributed by atoms with van der Waals surface area (Å²) < 4.78 is 0. The highest BCUT2D eigenvalue weighted by Gasteiger charge is 2.36. The van der Waals surface area contributed by atoms with Crippen LogP contribution in [-0.4, -0.2) is 16.5 Å². The van der Waals surface area contributed by atoms with E-state index < -0.39 is 5.60 Å². The molecule has 0 saturated carbocycles. The Hall–Kier alpha value is -0.890. The Morgan fingerprint density at radius 1 is 1.47 bits per heavy atom. The lowest BCUT2D eigenvalue weighted by atomic mass is 9.69. The molecule has 0 aromatic heterocycles. The zero-order chi connectivity index (χ0) is 13.3. The van der Waals surface area contributed by atoms with Crippen LogP contribution in [0, 0.1) is 5.41 Å². The van der Waals surface area contributed by atoms with Gasteiger partial charge in [-0.3, -0.25) is 4.79 Å². The number of rotatable bonds is 4. The molecule has 0 saturated heterocycles. The summed E-state index contributed by atoms with van der Waals surface area (Å²) in [6, 6.07) is 0. The van der Waals surface area contributed by atoms with E-state index in [9.17, 15) is 9.90 Å². The molecule has 1 unspecified atom stereocenters. The first kappa shape index (κ1) is 14.2. The van der Waals surface area contributed by atoms with Crippen molar-refractivity contribution in [3.05, 3.63) is 23.8 Å². The predicted octanol–water partition coefficient (Wildman–Crippen LogP) is 3.41. The van der Waals surface area contributed by atoms with E-state index in [0.29, 0.717) is 18.6 Å². The van der Waals surface area contributed by atoms with Crippen LogP contribution >= 0.6 is 0 Å². The zero-order valence-electron chi connectivity index (χ0n) is 11.5. The third kappa shape index (κ3) is 3.06. The van der Waals surface area contributed by atoms with Crippen molar-refractivity contribution in [3.8, 4) is 0 Å². The second-order valence-electron chi connectivity index (χ2n) is 5.87. The number of Topliss-reactive ketones (excluding diaryl/α,β-unsaturated/α-hetero) is 1. The molecule has 17 heavy (non-hydrogen) atoms. The van der Waals surface area contributed by atoms with Crippen molar-refractivity contribution in [3.63, 3.8) is 0 Å². The summed E-state index contributed by atoms with van der Waals surface area (Å²) in [6.45, 7) is 11.5. The first-order valence-corrected chi connectivity index (χ1v) is 6.29. The summed E-state index contributed by atoms with van der Waals surface area (Å²) in [6.07, 6.45) is 4.48. The molecule has 1 aliphatic rings. The van der Waals surface area contributed by atoms with Crippen molar-refractivity contribution in [2.45, 2.75) is 59.0 Å². The van der Waals surface area contributed by atoms with Gasteiger partial charge >= 0.3 is 0 Å². The van der Waals surface area contributed by atoms with Crippen molar-refractivity contribution in [1.29, 1.82) is 0 Å². The smallest absolute Gasteiger partial charge is 0.142 e. The largest absolute Gasteiger partial charge is 0.386 e. The van der Waals surface area contributed by atoms with Crippen LogP contribution < -0.4 is 0 Å². The summed E-state index contributed by atoms with van der Waals surface area (Å²) in [4.78, 5) is 11.9. The molecule has 0 aromatic carbocycles. The van der Waals surface area contributed by atoms with Crippen LogP contribution in [0.5, 0.6) is 0 Å². The van der Waals surface area contributed by atoms with Gasteiger partial charge in [-0.1, -0.05) is 17.2 Å². The Labute approximate surface area is 104 Å². The number of carbonyl (C=O) groups is 1. The summed E-state index contributed by atoms with van der Waals surface area (Å²) in [7, 11) is 0. The minimum absolute atomic E-state index is 0.316. The number of hydrogen-bond acceptors (Lipinski definition) is 2. The van der Waals surface area contributed by atoms with E-state index in [1.54, 1.807) is 13.0 Å². The number of allylic oxidation sites excluding steroid dienone is 2. The Morgan fingerprint density at radius 3 is 2.59 bits per heavy atom. The summed E-state index contributed by atoms with van der Waals surface area (Å²) >= 11 is 0. The molecule has 0 fully saturated rings. The third-order valence-corrected chi connectivity index (χ3v) is 4.01. The number of aliphatic hydroxyl groups is 1.